The van der Waals surface area contributed by atoms with Crippen LogP contribution >= 0.6 is 0 Å². The van der Waals surface area contributed by atoms with Crippen molar-refractivity contribution in [3.63, 3.8) is 0 Å². The SMILES string of the molecule is CC/C=C\CC/C=C/C=C\C/C=C\C/C=C\C=C\C1CCC(=O)O1.CO. The number of hydrogen-bond donors (Lipinski definition) is 1. The molecular formula is C23H34O3. The van der Waals surface area contributed by atoms with Crippen LogP contribution in [-0.4, -0.2) is 24.3 Å². The van der Waals surface area contributed by atoms with Crippen LogP contribution in [0.15, 0.2) is 72.9 Å². The second-order valence-electron chi connectivity index (χ2n) is 5.64. The standard InChI is InChI=1S/C22H30O2.CH4O/c1-2-3-4-5-6-7-8-9-10-11-12-13-14-15-16-17-18-21-19-20-22(23)24-21;1-2/h3-4,7-10,12-13,15-18,21H,2,5-6,11,14,19-20H2,1H3;2H,1H3/b4-3-,8-7+,10-9-,13-12-,16-15-,18-17+;. The zero-order valence-corrected chi connectivity index (χ0v) is 16.2. The predicted molar refractivity (Wildman–Crippen MR) is 111 cm³/mol. The van der Waals surface area contributed by atoms with Gasteiger partial charge in [-0.25, -0.2) is 0 Å². The third-order valence-electron chi connectivity index (χ3n) is 3.49. The van der Waals surface area contributed by atoms with E-state index in [1.807, 2.05) is 18.2 Å². The maximum absolute atomic E-state index is 10.9. The van der Waals surface area contributed by atoms with Gasteiger partial charge < -0.3 is 9.84 Å². The zero-order chi connectivity index (χ0) is 19.3. The van der Waals surface area contributed by atoms with Gasteiger partial charge in [0.2, 0.25) is 0 Å². The lowest BCUT2D eigenvalue weighted by atomic mass is 10.2. The smallest absolute Gasteiger partial charge is 0.306 e. The first-order valence-electron chi connectivity index (χ1n) is 9.42. The minimum atomic E-state index is -0.0900. The highest BCUT2D eigenvalue weighted by Crippen LogP contribution is 2.14. The topological polar surface area (TPSA) is 46.5 Å². The fraction of sp³-hybridized carbons (Fsp3) is 0.435. The molecule has 3 heteroatoms. The molecule has 1 unspecified atom stereocenters. The molecule has 26 heavy (non-hydrogen) atoms. The number of ether oxygens (including phenoxy) is 1. The van der Waals surface area contributed by atoms with E-state index in [0.29, 0.717) is 6.42 Å². The molecule has 0 spiro atoms. The lowest BCUT2D eigenvalue weighted by Crippen LogP contribution is -2.01. The van der Waals surface area contributed by atoms with Crippen molar-refractivity contribution in [1.29, 1.82) is 0 Å². The molecule has 0 saturated carbocycles. The van der Waals surface area contributed by atoms with Crippen LogP contribution in [0.3, 0.4) is 0 Å². The summed E-state index contributed by atoms with van der Waals surface area (Å²) < 4.78 is 5.10. The highest BCUT2D eigenvalue weighted by atomic mass is 16.5. The van der Waals surface area contributed by atoms with Crippen LogP contribution < -0.4 is 0 Å². The van der Waals surface area contributed by atoms with Crippen LogP contribution in [0.2, 0.25) is 0 Å². The Bertz CT molecular complexity index is 508. The Morgan fingerprint density at radius 3 is 2.12 bits per heavy atom. The van der Waals surface area contributed by atoms with Crippen molar-refractivity contribution < 1.29 is 14.6 Å². The van der Waals surface area contributed by atoms with E-state index in [2.05, 4.69) is 61.6 Å². The molecule has 144 valence electrons. The summed E-state index contributed by atoms with van der Waals surface area (Å²) in [7, 11) is 1.00. The van der Waals surface area contributed by atoms with Gasteiger partial charge in [0.15, 0.2) is 0 Å². The van der Waals surface area contributed by atoms with Gasteiger partial charge in [-0.05, 0) is 44.6 Å². The van der Waals surface area contributed by atoms with Gasteiger partial charge in [0.1, 0.15) is 6.10 Å². The quantitative estimate of drug-likeness (QED) is 0.226. The molecule has 0 radical (unpaired) electrons. The van der Waals surface area contributed by atoms with Gasteiger partial charge in [-0.2, -0.15) is 0 Å². The van der Waals surface area contributed by atoms with Crippen LogP contribution in [0, 0.1) is 0 Å². The van der Waals surface area contributed by atoms with Crippen LogP contribution in [0.1, 0.15) is 51.9 Å². The number of esters is 1. The highest BCUT2D eigenvalue weighted by molar-refractivity contribution is 5.71. The molecule has 1 saturated heterocycles. The molecule has 1 aliphatic rings. The summed E-state index contributed by atoms with van der Waals surface area (Å²) in [5.41, 5.74) is 0. The first-order chi connectivity index (χ1) is 12.8. The summed E-state index contributed by atoms with van der Waals surface area (Å²) in [6, 6.07) is 0. The van der Waals surface area contributed by atoms with E-state index in [1.165, 1.54) is 0 Å². The van der Waals surface area contributed by atoms with Gasteiger partial charge in [0.25, 0.3) is 0 Å². The van der Waals surface area contributed by atoms with Gasteiger partial charge >= 0.3 is 5.97 Å². The second-order valence-corrected chi connectivity index (χ2v) is 5.64. The molecule has 1 fully saturated rings. The molecule has 0 aromatic heterocycles. The molecule has 1 rings (SSSR count). The first-order valence-corrected chi connectivity index (χ1v) is 9.42. The number of carbonyl (C=O) groups is 1. The molecule has 1 heterocycles. The van der Waals surface area contributed by atoms with Crippen molar-refractivity contribution in [3.8, 4) is 0 Å². The molecule has 0 aromatic carbocycles. The van der Waals surface area contributed by atoms with Crippen molar-refractivity contribution in [1.82, 2.24) is 0 Å². The van der Waals surface area contributed by atoms with E-state index in [9.17, 15) is 4.79 Å². The Labute approximate surface area is 159 Å². The fourth-order valence-corrected chi connectivity index (χ4v) is 2.19. The maximum atomic E-state index is 10.9. The summed E-state index contributed by atoms with van der Waals surface area (Å²) in [4.78, 5) is 10.9. The van der Waals surface area contributed by atoms with E-state index in [1.54, 1.807) is 0 Å². The lowest BCUT2D eigenvalue weighted by Gasteiger charge is -1.99. The van der Waals surface area contributed by atoms with Crippen LogP contribution in [0.25, 0.3) is 0 Å². The average Bonchev–Trinajstić information content (AvgIpc) is 3.08. The first kappa shape index (κ1) is 23.9. The lowest BCUT2D eigenvalue weighted by molar-refractivity contribution is -0.139. The third kappa shape index (κ3) is 15.4. The molecule has 1 atom stereocenters. The molecule has 0 aromatic rings. The number of rotatable bonds is 11. The molecule has 0 aliphatic carbocycles. The van der Waals surface area contributed by atoms with E-state index in [4.69, 9.17) is 9.84 Å². The van der Waals surface area contributed by atoms with Crippen LogP contribution in [0.5, 0.6) is 0 Å². The summed E-state index contributed by atoms with van der Waals surface area (Å²) in [6.07, 6.45) is 31.9. The Balaban J connectivity index is 0.00000301. The normalized spacial score (nSPS) is 18.1. The number of carbonyl (C=O) groups excluding carboxylic acids is 1. The van der Waals surface area contributed by atoms with E-state index in [0.717, 1.165) is 45.6 Å². The van der Waals surface area contributed by atoms with Crippen molar-refractivity contribution in [2.45, 2.75) is 58.0 Å². The zero-order valence-electron chi connectivity index (χ0n) is 16.2. The van der Waals surface area contributed by atoms with Gasteiger partial charge in [0.05, 0.1) is 0 Å². The Morgan fingerprint density at radius 2 is 1.50 bits per heavy atom. The number of hydrogen-bond acceptors (Lipinski definition) is 3. The molecule has 0 bridgehead atoms. The molecule has 3 nitrogen and oxygen atoms in total. The fourth-order valence-electron chi connectivity index (χ4n) is 2.19. The van der Waals surface area contributed by atoms with Gasteiger partial charge in [-0.1, -0.05) is 73.8 Å². The van der Waals surface area contributed by atoms with Crippen LogP contribution in [0.4, 0.5) is 0 Å². The summed E-state index contributed by atoms with van der Waals surface area (Å²) in [6.45, 7) is 2.16. The molecule has 0 amide bonds. The minimum absolute atomic E-state index is 0.0291. The monoisotopic (exact) mass is 358 g/mol. The number of unbranched alkanes of at least 4 members (excludes halogenated alkanes) is 1. The molecular weight excluding hydrogens is 324 g/mol. The van der Waals surface area contributed by atoms with E-state index < -0.39 is 0 Å². The number of allylic oxidation sites excluding steroid dienone is 11. The third-order valence-corrected chi connectivity index (χ3v) is 3.49. The van der Waals surface area contributed by atoms with Crippen molar-refractivity contribution in [2.24, 2.45) is 0 Å². The predicted octanol–water partition coefficient (Wildman–Crippen LogP) is 5.61. The van der Waals surface area contributed by atoms with Gasteiger partial charge in [-0.3, -0.25) is 4.79 Å². The Hall–Kier alpha value is -2.13. The van der Waals surface area contributed by atoms with Crippen molar-refractivity contribution >= 4 is 5.97 Å². The minimum Gasteiger partial charge on any atom is -0.458 e. The van der Waals surface area contributed by atoms with Gasteiger partial charge in [-0.15, -0.1) is 0 Å². The number of cyclic esters (lactones) is 1. The Kier molecular flexibility index (Phi) is 17.6. The van der Waals surface area contributed by atoms with Crippen molar-refractivity contribution in [2.75, 3.05) is 7.11 Å². The molecule has 1 aliphatic heterocycles. The number of aliphatic hydroxyl groups is 1. The summed E-state index contributed by atoms with van der Waals surface area (Å²) in [5, 5.41) is 7.00. The highest BCUT2D eigenvalue weighted by Gasteiger charge is 2.19. The largest absolute Gasteiger partial charge is 0.458 e. The van der Waals surface area contributed by atoms with E-state index >= 15 is 0 Å². The summed E-state index contributed by atoms with van der Waals surface area (Å²) in [5.74, 6) is -0.0900. The van der Waals surface area contributed by atoms with Crippen LogP contribution in [-0.2, 0) is 9.53 Å². The maximum Gasteiger partial charge on any atom is 0.306 e. The second kappa shape index (κ2) is 19.2. The molecule has 1 N–H and O–H groups in total. The van der Waals surface area contributed by atoms with Gasteiger partial charge in [0, 0.05) is 13.5 Å². The Morgan fingerprint density at radius 1 is 0.885 bits per heavy atom. The van der Waals surface area contributed by atoms with E-state index in [-0.39, 0.29) is 12.1 Å². The summed E-state index contributed by atoms with van der Waals surface area (Å²) >= 11 is 0. The number of aliphatic hydroxyl groups excluding tert-OH is 1. The average molecular weight is 359 g/mol. The van der Waals surface area contributed by atoms with Crippen molar-refractivity contribution in [3.05, 3.63) is 72.9 Å².